The Morgan fingerprint density at radius 1 is 1.00 bits per heavy atom. The van der Waals surface area contributed by atoms with E-state index in [0.717, 1.165) is 17.8 Å². The van der Waals surface area contributed by atoms with Crippen LogP contribution in [0.3, 0.4) is 0 Å². The molecule has 4 fully saturated rings. The molecule has 1 aromatic rings. The van der Waals surface area contributed by atoms with E-state index in [4.69, 9.17) is 0 Å². The van der Waals surface area contributed by atoms with E-state index in [-0.39, 0.29) is 11.5 Å². The van der Waals surface area contributed by atoms with Crippen molar-refractivity contribution in [2.75, 3.05) is 0 Å². The van der Waals surface area contributed by atoms with Crippen LogP contribution in [0.15, 0.2) is 35.2 Å². The fourth-order valence-electron chi connectivity index (χ4n) is 5.73. The Kier molecular flexibility index (Phi) is 3.39. The summed E-state index contributed by atoms with van der Waals surface area (Å²) < 4.78 is 28.3. The fraction of sp³-hybridized carbons (Fsp3) is 0.667. The summed E-state index contributed by atoms with van der Waals surface area (Å²) in [4.78, 5) is 0.381. The monoisotopic (exact) mass is 319 g/mol. The smallest absolute Gasteiger partial charge is 0.208 e. The molecule has 4 aliphatic carbocycles. The summed E-state index contributed by atoms with van der Waals surface area (Å²) in [6, 6.07) is 8.80. The Bertz CT molecular complexity index is 618. The molecule has 0 heterocycles. The van der Waals surface area contributed by atoms with E-state index in [2.05, 4.69) is 11.6 Å². The van der Waals surface area contributed by atoms with Gasteiger partial charge in [-0.2, -0.15) is 0 Å². The number of sulfonamides is 1. The van der Waals surface area contributed by atoms with E-state index in [9.17, 15) is 8.42 Å². The van der Waals surface area contributed by atoms with Gasteiger partial charge in [-0.3, -0.25) is 0 Å². The Balaban J connectivity index is 1.56. The summed E-state index contributed by atoms with van der Waals surface area (Å²) in [5.74, 6) is 2.53. The number of nitrogens with one attached hydrogen (secondary N) is 1. The highest BCUT2D eigenvalue weighted by Gasteiger charge is 2.53. The van der Waals surface area contributed by atoms with Crippen molar-refractivity contribution < 1.29 is 8.42 Å². The van der Waals surface area contributed by atoms with E-state index in [1.165, 1.54) is 38.5 Å². The third kappa shape index (κ3) is 2.41. The SMILES string of the molecule is C[C@H](NS(=O)(=O)c1ccccc1)C12CC3CC(CC(C3)C1)C2. The molecule has 1 N–H and O–H groups in total. The fourth-order valence-corrected chi connectivity index (χ4v) is 7.10. The maximum Gasteiger partial charge on any atom is 0.240 e. The Labute approximate surface area is 133 Å². The topological polar surface area (TPSA) is 46.2 Å². The molecule has 1 atom stereocenters. The van der Waals surface area contributed by atoms with Crippen LogP contribution in [0, 0.1) is 23.2 Å². The average molecular weight is 319 g/mol. The summed E-state index contributed by atoms with van der Waals surface area (Å²) in [6.07, 6.45) is 7.82. The highest BCUT2D eigenvalue weighted by molar-refractivity contribution is 7.89. The molecule has 120 valence electrons. The predicted octanol–water partition coefficient (Wildman–Crippen LogP) is 3.57. The number of benzene rings is 1. The van der Waals surface area contributed by atoms with Crippen molar-refractivity contribution in [2.24, 2.45) is 23.2 Å². The normalized spacial score (nSPS) is 38.1. The zero-order chi connectivity index (χ0) is 15.4. The minimum Gasteiger partial charge on any atom is -0.208 e. The second-order valence-corrected chi connectivity index (χ2v) is 9.65. The molecule has 4 aliphatic rings. The van der Waals surface area contributed by atoms with Gasteiger partial charge in [0.25, 0.3) is 0 Å². The van der Waals surface area contributed by atoms with Crippen LogP contribution >= 0.6 is 0 Å². The first-order valence-electron chi connectivity index (χ1n) is 8.54. The molecule has 0 amide bonds. The second kappa shape index (κ2) is 5.07. The Hall–Kier alpha value is -0.870. The van der Waals surface area contributed by atoms with Gasteiger partial charge in [-0.15, -0.1) is 0 Å². The van der Waals surface area contributed by atoms with Crippen LogP contribution in [-0.2, 0) is 10.0 Å². The van der Waals surface area contributed by atoms with E-state index in [1.54, 1.807) is 24.3 Å². The average Bonchev–Trinajstić information content (AvgIpc) is 2.46. The van der Waals surface area contributed by atoms with Gasteiger partial charge in [-0.25, -0.2) is 13.1 Å². The Morgan fingerprint density at radius 2 is 1.50 bits per heavy atom. The molecule has 0 radical (unpaired) electrons. The Morgan fingerprint density at radius 3 is 2.00 bits per heavy atom. The molecule has 4 bridgehead atoms. The molecule has 0 saturated heterocycles. The van der Waals surface area contributed by atoms with Crippen molar-refractivity contribution in [3.05, 3.63) is 30.3 Å². The van der Waals surface area contributed by atoms with Crippen LogP contribution in [0.5, 0.6) is 0 Å². The first-order chi connectivity index (χ1) is 10.5. The number of hydrogen-bond acceptors (Lipinski definition) is 2. The maximum atomic E-state index is 12.6. The van der Waals surface area contributed by atoms with Gasteiger partial charge in [0.2, 0.25) is 10.0 Å². The van der Waals surface area contributed by atoms with Crippen molar-refractivity contribution in [3.8, 4) is 0 Å². The highest BCUT2D eigenvalue weighted by atomic mass is 32.2. The highest BCUT2D eigenvalue weighted by Crippen LogP contribution is 2.61. The van der Waals surface area contributed by atoms with E-state index in [1.807, 2.05) is 6.07 Å². The first-order valence-corrected chi connectivity index (χ1v) is 10.0. The summed E-state index contributed by atoms with van der Waals surface area (Å²) in [5.41, 5.74) is 0.205. The lowest BCUT2D eigenvalue weighted by Crippen LogP contribution is -2.55. The molecule has 5 rings (SSSR count). The minimum atomic E-state index is -3.40. The van der Waals surface area contributed by atoms with E-state index < -0.39 is 10.0 Å². The van der Waals surface area contributed by atoms with Gasteiger partial charge < -0.3 is 0 Å². The van der Waals surface area contributed by atoms with Crippen LogP contribution in [0.2, 0.25) is 0 Å². The molecular weight excluding hydrogens is 294 g/mol. The van der Waals surface area contributed by atoms with Crippen molar-refractivity contribution >= 4 is 10.0 Å². The van der Waals surface area contributed by atoms with Gasteiger partial charge >= 0.3 is 0 Å². The van der Waals surface area contributed by atoms with Crippen LogP contribution in [-0.4, -0.2) is 14.5 Å². The first kappa shape index (κ1) is 14.7. The standard InChI is InChI=1S/C18H25NO2S/c1-13(19-22(20,21)17-5-3-2-4-6-17)18-10-14-7-15(11-18)9-16(8-14)12-18/h2-6,13-16,19H,7-12H2,1H3/t13-,14?,15?,16?,18?/m0/s1. The van der Waals surface area contributed by atoms with Crippen molar-refractivity contribution in [3.63, 3.8) is 0 Å². The second-order valence-electron chi connectivity index (χ2n) is 7.94. The number of hydrogen-bond donors (Lipinski definition) is 1. The van der Waals surface area contributed by atoms with Gasteiger partial charge in [0, 0.05) is 6.04 Å². The van der Waals surface area contributed by atoms with Crippen LogP contribution < -0.4 is 4.72 Å². The third-order valence-corrected chi connectivity index (χ3v) is 7.95. The molecule has 22 heavy (non-hydrogen) atoms. The van der Waals surface area contributed by atoms with E-state index in [0.29, 0.717) is 4.90 Å². The van der Waals surface area contributed by atoms with Crippen LogP contribution in [0.4, 0.5) is 0 Å². The lowest BCUT2D eigenvalue weighted by atomic mass is 9.48. The maximum absolute atomic E-state index is 12.6. The molecule has 3 nitrogen and oxygen atoms in total. The van der Waals surface area contributed by atoms with Gasteiger partial charge in [0.15, 0.2) is 0 Å². The molecule has 4 heteroatoms. The third-order valence-electron chi connectivity index (χ3n) is 6.39. The van der Waals surface area contributed by atoms with Gasteiger partial charge in [-0.1, -0.05) is 18.2 Å². The summed E-state index contributed by atoms with van der Waals surface area (Å²) in [5, 5.41) is 0. The predicted molar refractivity (Wildman–Crippen MR) is 86.8 cm³/mol. The van der Waals surface area contributed by atoms with Crippen molar-refractivity contribution in [1.29, 1.82) is 0 Å². The lowest BCUT2D eigenvalue weighted by Gasteiger charge is -2.59. The number of rotatable bonds is 4. The zero-order valence-corrected chi connectivity index (χ0v) is 14.0. The van der Waals surface area contributed by atoms with Gasteiger partial charge in [-0.05, 0) is 80.8 Å². The van der Waals surface area contributed by atoms with Crippen LogP contribution in [0.25, 0.3) is 0 Å². The molecule has 1 aromatic carbocycles. The summed E-state index contributed by atoms with van der Waals surface area (Å²) >= 11 is 0. The van der Waals surface area contributed by atoms with Gasteiger partial charge in [0.05, 0.1) is 4.90 Å². The van der Waals surface area contributed by atoms with Crippen molar-refractivity contribution in [2.45, 2.75) is 56.4 Å². The zero-order valence-electron chi connectivity index (χ0n) is 13.2. The quantitative estimate of drug-likeness (QED) is 0.922. The van der Waals surface area contributed by atoms with Gasteiger partial charge in [0.1, 0.15) is 0 Å². The van der Waals surface area contributed by atoms with Crippen LogP contribution in [0.1, 0.15) is 45.4 Å². The molecule has 0 aromatic heterocycles. The summed E-state index contributed by atoms with van der Waals surface area (Å²) in [7, 11) is -3.40. The molecule has 0 spiro atoms. The minimum absolute atomic E-state index is 0.0334. The van der Waals surface area contributed by atoms with Crippen molar-refractivity contribution in [1.82, 2.24) is 4.72 Å². The van der Waals surface area contributed by atoms with E-state index >= 15 is 0 Å². The largest absolute Gasteiger partial charge is 0.240 e. The molecule has 0 aliphatic heterocycles. The molecular formula is C18H25NO2S. The molecule has 0 unspecified atom stereocenters. The lowest BCUT2D eigenvalue weighted by molar-refractivity contribution is -0.0666. The molecule has 4 saturated carbocycles. The summed E-state index contributed by atoms with van der Waals surface area (Å²) in [6.45, 7) is 2.09.